The fourth-order valence-corrected chi connectivity index (χ4v) is 5.63. The summed E-state index contributed by atoms with van der Waals surface area (Å²) < 4.78 is 28.0. The first-order valence-corrected chi connectivity index (χ1v) is 11.8. The van der Waals surface area contributed by atoms with E-state index in [1.54, 1.807) is 12.5 Å². The van der Waals surface area contributed by atoms with Crippen LogP contribution < -0.4 is 9.62 Å². The van der Waals surface area contributed by atoms with Crippen molar-refractivity contribution in [3.63, 3.8) is 0 Å². The Balaban J connectivity index is 1.37. The van der Waals surface area contributed by atoms with Crippen LogP contribution in [0, 0.1) is 0 Å². The molecule has 0 unspecified atom stereocenters. The van der Waals surface area contributed by atoms with Crippen LogP contribution in [-0.2, 0) is 10.0 Å². The standard InChI is InChI=1S/C22H19N7O2S/c30-32(31)10-2-9-28(32)17-4-1-3-15(11-17)21-8-6-18-13-23-22(27-29(18)21)26-16-5-7-19-20(12-16)25-14-24-19/h1,3-8,11-14H,2,9-10H2,(H,24,25)(H,26,27). The lowest BCUT2D eigenvalue weighted by molar-refractivity contribution is 0.599. The van der Waals surface area contributed by atoms with E-state index in [4.69, 9.17) is 0 Å². The Kier molecular flexibility index (Phi) is 4.15. The lowest BCUT2D eigenvalue weighted by Crippen LogP contribution is -2.24. The lowest BCUT2D eigenvalue weighted by Gasteiger charge is -2.17. The number of sulfonamides is 1. The molecule has 160 valence electrons. The number of nitrogens with zero attached hydrogens (tertiary/aromatic N) is 5. The maximum atomic E-state index is 12.3. The quantitative estimate of drug-likeness (QED) is 0.438. The fraction of sp³-hybridized carbons (Fsp3) is 0.136. The van der Waals surface area contributed by atoms with Gasteiger partial charge in [-0.1, -0.05) is 12.1 Å². The molecule has 32 heavy (non-hydrogen) atoms. The van der Waals surface area contributed by atoms with Gasteiger partial charge in [0.05, 0.1) is 46.2 Å². The Bertz CT molecular complexity index is 1570. The number of aromatic amines is 1. The summed E-state index contributed by atoms with van der Waals surface area (Å²) in [7, 11) is -3.24. The maximum Gasteiger partial charge on any atom is 0.245 e. The third kappa shape index (κ3) is 3.16. The predicted molar refractivity (Wildman–Crippen MR) is 124 cm³/mol. The van der Waals surface area contributed by atoms with Crippen LogP contribution in [0.2, 0.25) is 0 Å². The van der Waals surface area contributed by atoms with E-state index in [-0.39, 0.29) is 5.75 Å². The van der Waals surface area contributed by atoms with E-state index in [0.29, 0.717) is 24.6 Å². The second kappa shape index (κ2) is 7.06. The van der Waals surface area contributed by atoms with Crippen LogP contribution in [0.3, 0.4) is 0 Å². The molecule has 1 saturated heterocycles. The van der Waals surface area contributed by atoms with Crippen LogP contribution in [0.4, 0.5) is 17.3 Å². The molecule has 0 aliphatic carbocycles. The highest BCUT2D eigenvalue weighted by atomic mass is 32.2. The van der Waals surface area contributed by atoms with E-state index >= 15 is 0 Å². The first kappa shape index (κ1) is 18.8. The van der Waals surface area contributed by atoms with Gasteiger partial charge in [-0.25, -0.2) is 22.9 Å². The largest absolute Gasteiger partial charge is 0.345 e. The third-order valence-electron chi connectivity index (χ3n) is 5.60. The molecule has 9 nitrogen and oxygen atoms in total. The molecule has 0 spiro atoms. The average Bonchev–Trinajstić information content (AvgIpc) is 3.51. The first-order valence-electron chi connectivity index (χ1n) is 10.2. The minimum Gasteiger partial charge on any atom is -0.345 e. The summed E-state index contributed by atoms with van der Waals surface area (Å²) in [4.78, 5) is 11.7. The molecular weight excluding hydrogens is 426 g/mol. The van der Waals surface area contributed by atoms with Crippen molar-refractivity contribution in [1.82, 2.24) is 24.6 Å². The van der Waals surface area contributed by atoms with Gasteiger partial charge in [0, 0.05) is 17.8 Å². The molecule has 4 heterocycles. The number of hydrogen-bond donors (Lipinski definition) is 2. The van der Waals surface area contributed by atoms with Crippen LogP contribution >= 0.6 is 0 Å². The van der Waals surface area contributed by atoms with E-state index < -0.39 is 10.0 Å². The number of aromatic nitrogens is 5. The molecule has 3 aromatic heterocycles. The topological polar surface area (TPSA) is 108 Å². The Hall–Kier alpha value is -3.92. The minimum atomic E-state index is -3.24. The Morgan fingerprint density at radius 2 is 1.97 bits per heavy atom. The van der Waals surface area contributed by atoms with E-state index in [2.05, 4.69) is 25.4 Å². The molecule has 0 saturated carbocycles. The normalized spacial score (nSPS) is 15.6. The summed E-state index contributed by atoms with van der Waals surface area (Å²) in [5.41, 5.74) is 5.91. The Morgan fingerprint density at radius 3 is 2.84 bits per heavy atom. The van der Waals surface area contributed by atoms with Crippen LogP contribution in [0.25, 0.3) is 27.8 Å². The van der Waals surface area contributed by atoms with Crippen molar-refractivity contribution in [2.45, 2.75) is 6.42 Å². The summed E-state index contributed by atoms with van der Waals surface area (Å²) >= 11 is 0. The molecule has 1 fully saturated rings. The monoisotopic (exact) mass is 445 g/mol. The zero-order valence-corrected chi connectivity index (χ0v) is 17.7. The van der Waals surface area contributed by atoms with Gasteiger partial charge in [0.15, 0.2) is 0 Å². The third-order valence-corrected chi connectivity index (χ3v) is 7.47. The van der Waals surface area contributed by atoms with Crippen molar-refractivity contribution in [3.05, 3.63) is 67.1 Å². The highest BCUT2D eigenvalue weighted by Crippen LogP contribution is 2.30. The molecule has 5 aromatic rings. The first-order chi connectivity index (χ1) is 15.6. The molecule has 0 radical (unpaired) electrons. The van der Waals surface area contributed by atoms with Crippen molar-refractivity contribution < 1.29 is 8.42 Å². The van der Waals surface area contributed by atoms with E-state index in [0.717, 1.165) is 33.5 Å². The Labute approximate surface area is 183 Å². The predicted octanol–water partition coefficient (Wildman–Crippen LogP) is 3.56. The van der Waals surface area contributed by atoms with Crippen molar-refractivity contribution in [2.75, 3.05) is 21.9 Å². The average molecular weight is 446 g/mol. The zero-order valence-electron chi connectivity index (χ0n) is 16.9. The Morgan fingerprint density at radius 1 is 1.03 bits per heavy atom. The van der Waals surface area contributed by atoms with Gasteiger partial charge in [0.25, 0.3) is 0 Å². The van der Waals surface area contributed by atoms with Crippen LogP contribution in [-0.4, -0.2) is 45.3 Å². The lowest BCUT2D eigenvalue weighted by atomic mass is 10.1. The zero-order chi connectivity index (χ0) is 21.7. The smallest absolute Gasteiger partial charge is 0.245 e. The van der Waals surface area contributed by atoms with Gasteiger partial charge in [-0.05, 0) is 48.9 Å². The van der Waals surface area contributed by atoms with Crippen molar-refractivity contribution in [2.24, 2.45) is 0 Å². The van der Waals surface area contributed by atoms with Crippen LogP contribution in [0.1, 0.15) is 6.42 Å². The van der Waals surface area contributed by atoms with Gasteiger partial charge in [-0.3, -0.25) is 4.31 Å². The number of imidazole rings is 1. The van der Waals surface area contributed by atoms with Crippen LogP contribution in [0.5, 0.6) is 0 Å². The molecule has 1 aliphatic rings. The summed E-state index contributed by atoms with van der Waals surface area (Å²) in [5, 5.41) is 7.90. The molecule has 0 amide bonds. The highest BCUT2D eigenvalue weighted by molar-refractivity contribution is 7.93. The van der Waals surface area contributed by atoms with Gasteiger partial charge >= 0.3 is 0 Å². The van der Waals surface area contributed by atoms with Crippen molar-refractivity contribution in [3.8, 4) is 11.3 Å². The van der Waals surface area contributed by atoms with E-state index in [1.807, 2.05) is 59.1 Å². The molecule has 1 aliphatic heterocycles. The second-order valence-electron chi connectivity index (χ2n) is 7.69. The van der Waals surface area contributed by atoms with Crippen molar-refractivity contribution >= 4 is 43.9 Å². The number of benzene rings is 2. The number of hydrogen-bond acceptors (Lipinski definition) is 6. The molecular formula is C22H19N7O2S. The molecule has 2 N–H and O–H groups in total. The van der Waals surface area contributed by atoms with Crippen LogP contribution in [0.15, 0.2) is 67.1 Å². The maximum absolute atomic E-state index is 12.3. The van der Waals surface area contributed by atoms with Gasteiger partial charge in [-0.2, -0.15) is 0 Å². The molecule has 6 rings (SSSR count). The van der Waals surface area contributed by atoms with Gasteiger partial charge < -0.3 is 10.3 Å². The fourth-order valence-electron chi connectivity index (χ4n) is 4.07. The number of H-pyrrole nitrogens is 1. The van der Waals surface area contributed by atoms with E-state index in [9.17, 15) is 8.42 Å². The molecule has 10 heteroatoms. The number of fused-ring (bicyclic) bond motifs is 2. The van der Waals surface area contributed by atoms with Gasteiger partial charge in [0.2, 0.25) is 16.0 Å². The number of anilines is 3. The highest BCUT2D eigenvalue weighted by Gasteiger charge is 2.28. The summed E-state index contributed by atoms with van der Waals surface area (Å²) in [5.74, 6) is 0.643. The molecule has 2 aromatic carbocycles. The second-order valence-corrected chi connectivity index (χ2v) is 9.70. The van der Waals surface area contributed by atoms with Crippen molar-refractivity contribution in [1.29, 1.82) is 0 Å². The van der Waals surface area contributed by atoms with Gasteiger partial charge in [0.1, 0.15) is 0 Å². The molecule has 0 bridgehead atoms. The molecule has 0 atom stereocenters. The van der Waals surface area contributed by atoms with Gasteiger partial charge in [-0.15, -0.1) is 5.10 Å². The van der Waals surface area contributed by atoms with E-state index in [1.165, 1.54) is 4.31 Å². The minimum absolute atomic E-state index is 0.192. The SMILES string of the molecule is O=S1(=O)CCCN1c1cccc(-c2ccc3cnc(Nc4ccc5nc[nH]c5c4)nn23)c1. The summed E-state index contributed by atoms with van der Waals surface area (Å²) in [6.45, 7) is 0.512. The summed E-state index contributed by atoms with van der Waals surface area (Å²) in [6.07, 6.45) is 4.06. The summed E-state index contributed by atoms with van der Waals surface area (Å²) in [6, 6.07) is 17.2. The number of nitrogens with one attached hydrogen (secondary N) is 2. The number of rotatable bonds is 4.